The molecule has 0 aliphatic carbocycles. The van der Waals surface area contributed by atoms with Crippen LogP contribution in [-0.4, -0.2) is 81.2 Å². The molecular weight excluding hydrogens is 512 g/mol. The number of methoxy groups -OCH3 is 1. The average molecular weight is 557 g/mol. The number of carbonyl (C=O) groups is 1. The first kappa shape index (κ1) is 27.9. The van der Waals surface area contributed by atoms with Crippen LogP contribution in [0.1, 0.15) is 80.0 Å². The SMILES string of the molecule is COC1CCN(CCC(=O)N2CCC(c3ccc4[nH]c(-c5cn6ncnc6c(C)c5C)c(C(C)C)c4c3)CC2)CC1. The summed E-state index contributed by atoms with van der Waals surface area (Å²) in [6, 6.07) is 6.95. The van der Waals surface area contributed by atoms with Crippen molar-refractivity contribution >= 4 is 22.5 Å². The van der Waals surface area contributed by atoms with Crippen LogP contribution in [0.15, 0.2) is 30.7 Å². The predicted octanol–water partition coefficient (Wildman–Crippen LogP) is 5.82. The van der Waals surface area contributed by atoms with Gasteiger partial charge in [-0.2, -0.15) is 5.10 Å². The van der Waals surface area contributed by atoms with Crippen molar-refractivity contribution in [2.45, 2.75) is 77.7 Å². The second-order valence-corrected chi connectivity index (χ2v) is 12.4. The zero-order valence-corrected chi connectivity index (χ0v) is 25.2. The fourth-order valence-corrected chi connectivity index (χ4v) is 6.99. The molecule has 1 aromatic carbocycles. The van der Waals surface area contributed by atoms with Crippen molar-refractivity contribution in [2.75, 3.05) is 39.8 Å². The topological polar surface area (TPSA) is 78.8 Å². The Morgan fingerprint density at radius 2 is 1.83 bits per heavy atom. The first-order chi connectivity index (χ1) is 19.8. The number of aryl methyl sites for hydroxylation is 1. The second kappa shape index (κ2) is 11.6. The van der Waals surface area contributed by atoms with Crippen molar-refractivity contribution in [3.8, 4) is 11.3 Å². The monoisotopic (exact) mass is 556 g/mol. The number of carbonyl (C=O) groups excluding carboxylic acids is 1. The van der Waals surface area contributed by atoms with Crippen LogP contribution in [0.25, 0.3) is 27.8 Å². The summed E-state index contributed by atoms with van der Waals surface area (Å²) in [7, 11) is 1.80. The number of benzene rings is 1. The molecule has 2 saturated heterocycles. The predicted molar refractivity (Wildman–Crippen MR) is 163 cm³/mol. The number of nitrogens with one attached hydrogen (secondary N) is 1. The van der Waals surface area contributed by atoms with E-state index in [4.69, 9.17) is 4.74 Å². The molecule has 0 spiro atoms. The normalized spacial score (nSPS) is 17.9. The highest BCUT2D eigenvalue weighted by Crippen LogP contribution is 2.40. The lowest BCUT2D eigenvalue weighted by Gasteiger charge is -2.34. The minimum absolute atomic E-state index is 0.306. The molecule has 8 heteroatoms. The fourth-order valence-electron chi connectivity index (χ4n) is 6.99. The van der Waals surface area contributed by atoms with Crippen molar-refractivity contribution in [3.05, 3.63) is 53.0 Å². The first-order valence-corrected chi connectivity index (χ1v) is 15.3. The smallest absolute Gasteiger partial charge is 0.223 e. The Kier molecular flexibility index (Phi) is 7.88. The van der Waals surface area contributed by atoms with Crippen LogP contribution in [0.4, 0.5) is 0 Å². The van der Waals surface area contributed by atoms with Gasteiger partial charge >= 0.3 is 0 Å². The molecule has 5 heterocycles. The molecule has 41 heavy (non-hydrogen) atoms. The van der Waals surface area contributed by atoms with E-state index in [0.29, 0.717) is 30.3 Å². The Labute approximate surface area is 243 Å². The molecule has 1 N–H and O–H groups in total. The number of nitrogens with zero attached hydrogens (tertiary/aromatic N) is 5. The number of likely N-dealkylation sites (tertiary alicyclic amines) is 2. The molecule has 0 atom stereocenters. The minimum atomic E-state index is 0.306. The maximum Gasteiger partial charge on any atom is 0.223 e. The lowest BCUT2D eigenvalue weighted by atomic mass is 9.87. The fraction of sp³-hybridized carbons (Fsp3) is 0.545. The third kappa shape index (κ3) is 5.40. The molecule has 2 aliphatic heterocycles. The average Bonchev–Trinajstić information content (AvgIpc) is 3.62. The molecule has 2 aliphatic rings. The van der Waals surface area contributed by atoms with Crippen molar-refractivity contribution in [1.29, 1.82) is 0 Å². The Hall–Kier alpha value is -3.23. The summed E-state index contributed by atoms with van der Waals surface area (Å²) in [5, 5.41) is 5.73. The number of aromatic amines is 1. The summed E-state index contributed by atoms with van der Waals surface area (Å²) in [4.78, 5) is 25.7. The highest BCUT2D eigenvalue weighted by molar-refractivity contribution is 5.92. The van der Waals surface area contributed by atoms with Crippen molar-refractivity contribution < 1.29 is 9.53 Å². The molecule has 0 radical (unpaired) electrons. The van der Waals surface area contributed by atoms with Crippen LogP contribution in [0.2, 0.25) is 0 Å². The number of ether oxygens (including phenoxy) is 1. The van der Waals surface area contributed by atoms with Gasteiger partial charge in [-0.1, -0.05) is 19.9 Å². The summed E-state index contributed by atoms with van der Waals surface area (Å²) >= 11 is 0. The highest BCUT2D eigenvalue weighted by Gasteiger charge is 2.26. The molecule has 6 rings (SSSR count). The van der Waals surface area contributed by atoms with Gasteiger partial charge in [-0.25, -0.2) is 9.50 Å². The van der Waals surface area contributed by atoms with Crippen LogP contribution in [-0.2, 0) is 9.53 Å². The van der Waals surface area contributed by atoms with Gasteiger partial charge in [0.05, 0.1) is 11.8 Å². The van der Waals surface area contributed by atoms with E-state index in [0.717, 1.165) is 69.6 Å². The summed E-state index contributed by atoms with van der Waals surface area (Å²) < 4.78 is 7.37. The zero-order valence-electron chi connectivity index (χ0n) is 25.2. The van der Waals surface area contributed by atoms with Crippen LogP contribution in [0, 0.1) is 13.8 Å². The Balaban J connectivity index is 1.16. The van der Waals surface area contributed by atoms with Gasteiger partial charge in [-0.05, 0) is 85.8 Å². The molecule has 2 fully saturated rings. The molecule has 1 amide bonds. The van der Waals surface area contributed by atoms with E-state index < -0.39 is 0 Å². The maximum absolute atomic E-state index is 13.0. The summed E-state index contributed by atoms with van der Waals surface area (Å²) in [5.41, 5.74) is 9.57. The lowest BCUT2D eigenvalue weighted by molar-refractivity contribution is -0.132. The van der Waals surface area contributed by atoms with E-state index in [1.165, 1.54) is 38.9 Å². The molecule has 4 aromatic rings. The number of hydrogen-bond acceptors (Lipinski definition) is 5. The van der Waals surface area contributed by atoms with E-state index in [9.17, 15) is 4.79 Å². The van der Waals surface area contributed by atoms with Crippen LogP contribution < -0.4 is 0 Å². The number of aromatic nitrogens is 4. The highest BCUT2D eigenvalue weighted by atomic mass is 16.5. The number of fused-ring (bicyclic) bond motifs is 2. The molecule has 0 unspecified atom stereocenters. The van der Waals surface area contributed by atoms with Crippen LogP contribution in [0.5, 0.6) is 0 Å². The summed E-state index contributed by atoms with van der Waals surface area (Å²) in [6.07, 6.45) is 8.91. The molecular formula is C33H44N6O2. The third-order valence-electron chi connectivity index (χ3n) is 9.66. The van der Waals surface area contributed by atoms with Gasteiger partial charge in [-0.3, -0.25) is 4.79 Å². The van der Waals surface area contributed by atoms with E-state index >= 15 is 0 Å². The molecule has 3 aromatic heterocycles. The molecule has 0 bridgehead atoms. The largest absolute Gasteiger partial charge is 0.381 e. The van der Waals surface area contributed by atoms with Crippen molar-refractivity contribution in [1.82, 2.24) is 29.4 Å². The zero-order chi connectivity index (χ0) is 28.7. The molecule has 218 valence electrons. The standard InChI is InChI=1S/C33H44N6O2/c1-21(2)31-27-18-25(6-7-29(27)36-32(31)28-19-39-33(34-20-35-39)23(4)22(28)3)24-8-16-38(17-9-24)30(40)12-15-37-13-10-26(41-5)11-14-37/h6-7,18-21,24,26,36H,8-17H2,1-5H3. The quantitative estimate of drug-likeness (QED) is 0.310. The van der Waals surface area contributed by atoms with E-state index in [1.807, 2.05) is 4.52 Å². The maximum atomic E-state index is 13.0. The lowest BCUT2D eigenvalue weighted by Crippen LogP contribution is -2.41. The van der Waals surface area contributed by atoms with Gasteiger partial charge in [0.1, 0.15) is 6.33 Å². The molecule has 0 saturated carbocycles. The summed E-state index contributed by atoms with van der Waals surface area (Å²) in [5.74, 6) is 1.14. The second-order valence-electron chi connectivity index (χ2n) is 12.4. The van der Waals surface area contributed by atoms with Gasteiger partial charge in [-0.15, -0.1) is 0 Å². The number of piperidine rings is 2. The minimum Gasteiger partial charge on any atom is -0.381 e. The summed E-state index contributed by atoms with van der Waals surface area (Å²) in [6.45, 7) is 13.5. The van der Waals surface area contributed by atoms with Gasteiger partial charge in [0.2, 0.25) is 5.91 Å². The number of hydrogen-bond donors (Lipinski definition) is 1. The third-order valence-corrected chi connectivity index (χ3v) is 9.66. The number of amides is 1. The van der Waals surface area contributed by atoms with Gasteiger partial charge in [0, 0.05) is 68.9 Å². The van der Waals surface area contributed by atoms with E-state index in [2.05, 4.69) is 77.0 Å². The van der Waals surface area contributed by atoms with Gasteiger partial charge in [0.15, 0.2) is 5.65 Å². The van der Waals surface area contributed by atoms with Gasteiger partial charge in [0.25, 0.3) is 0 Å². The Morgan fingerprint density at radius 3 is 2.54 bits per heavy atom. The number of H-pyrrole nitrogens is 1. The Bertz CT molecular complexity index is 1540. The van der Waals surface area contributed by atoms with Crippen LogP contribution in [0.3, 0.4) is 0 Å². The van der Waals surface area contributed by atoms with E-state index in [1.54, 1.807) is 13.4 Å². The van der Waals surface area contributed by atoms with Crippen LogP contribution >= 0.6 is 0 Å². The molecule has 8 nitrogen and oxygen atoms in total. The number of pyridine rings is 1. The van der Waals surface area contributed by atoms with Crippen molar-refractivity contribution in [3.63, 3.8) is 0 Å². The van der Waals surface area contributed by atoms with Gasteiger partial charge < -0.3 is 19.5 Å². The van der Waals surface area contributed by atoms with E-state index in [-0.39, 0.29) is 0 Å². The van der Waals surface area contributed by atoms with Crippen molar-refractivity contribution in [2.24, 2.45) is 0 Å². The Morgan fingerprint density at radius 1 is 1.07 bits per heavy atom. The number of rotatable bonds is 7. The first-order valence-electron chi connectivity index (χ1n) is 15.3.